The van der Waals surface area contributed by atoms with Crippen LogP contribution in [0.25, 0.3) is 0 Å². The van der Waals surface area contributed by atoms with Crippen LogP contribution in [0.4, 0.5) is 0 Å². The van der Waals surface area contributed by atoms with E-state index in [1.807, 2.05) is 0 Å². The number of nitrogens with one attached hydrogen (secondary N) is 1. The van der Waals surface area contributed by atoms with Crippen LogP contribution < -0.4 is 0 Å². The van der Waals surface area contributed by atoms with Gasteiger partial charge >= 0.3 is 0 Å². The van der Waals surface area contributed by atoms with Crippen molar-refractivity contribution in [3.05, 3.63) is 0 Å². The number of hydrogen-bond donors (Lipinski definition) is 1. The fraction of sp³-hybridized carbons (Fsp3) is 0. The lowest BCUT2D eigenvalue weighted by Gasteiger charge is -1.62. The summed E-state index contributed by atoms with van der Waals surface area (Å²) in [5, 5.41) is 7.05. The van der Waals surface area contributed by atoms with E-state index in [0.29, 0.717) is 5.35 Å². The van der Waals surface area contributed by atoms with Crippen molar-refractivity contribution < 1.29 is 0 Å². The van der Waals surface area contributed by atoms with E-state index in [0.717, 1.165) is 0 Å². The molecule has 0 heterocycles. The molecular formula is CH5BNP. The van der Waals surface area contributed by atoms with Crippen molar-refractivity contribution in [1.29, 1.82) is 5.41 Å². The van der Waals surface area contributed by atoms with Crippen molar-refractivity contribution in [2.75, 3.05) is 0 Å². The van der Waals surface area contributed by atoms with Crippen LogP contribution in [-0.4, -0.2) is 13.2 Å². The first kappa shape index (κ1) is 4.16. The second-order valence-electron chi connectivity index (χ2n) is 0.683. The Morgan fingerprint density at radius 1 is 2.00 bits per heavy atom. The van der Waals surface area contributed by atoms with Crippen molar-refractivity contribution in [2.45, 2.75) is 0 Å². The smallest absolute Gasteiger partial charge is 0.162 e. The third kappa shape index (κ3) is 108. The minimum absolute atomic E-state index is 0.583. The van der Waals surface area contributed by atoms with Gasteiger partial charge in [0.15, 0.2) is 7.85 Å². The summed E-state index contributed by atoms with van der Waals surface area (Å²) in [4.78, 5) is 0. The standard InChI is InChI=1S/CH5BNP/c2-1(3)4/h3H,2,4H2. The molecule has 0 aliphatic rings. The average molecular weight is 72.8 g/mol. The van der Waals surface area contributed by atoms with Gasteiger partial charge in [0.1, 0.15) is 0 Å². The lowest BCUT2D eigenvalue weighted by molar-refractivity contribution is 1.59. The third-order valence-electron chi connectivity index (χ3n) is 0. The van der Waals surface area contributed by atoms with Crippen LogP contribution in [0.2, 0.25) is 0 Å². The van der Waals surface area contributed by atoms with Crippen LogP contribution >= 0.6 is 9.24 Å². The van der Waals surface area contributed by atoms with Crippen molar-refractivity contribution >= 4 is 22.4 Å². The lowest BCUT2D eigenvalue weighted by atomic mass is 10.2. The molecule has 0 radical (unpaired) electrons. The van der Waals surface area contributed by atoms with Crippen molar-refractivity contribution in [1.82, 2.24) is 0 Å². The highest BCUT2D eigenvalue weighted by atomic mass is 31.0. The molecule has 3 heteroatoms. The first-order valence-electron chi connectivity index (χ1n) is 1.04. The molecule has 0 spiro atoms. The minimum atomic E-state index is 0.583. The molecule has 0 bridgehead atoms. The van der Waals surface area contributed by atoms with Crippen LogP contribution in [0.15, 0.2) is 0 Å². The molecular weight excluding hydrogens is 67.8 g/mol. The molecule has 1 N–H and O–H groups in total. The van der Waals surface area contributed by atoms with Crippen LogP contribution in [0.5, 0.6) is 0 Å². The zero-order valence-electron chi connectivity index (χ0n) is 2.58. The zero-order chi connectivity index (χ0) is 3.58. The second kappa shape index (κ2) is 1.48. The minimum Gasteiger partial charge on any atom is -0.316 e. The number of rotatable bonds is 0. The highest BCUT2D eigenvalue weighted by Crippen LogP contribution is 1.70. The maximum Gasteiger partial charge on any atom is 0.162 e. The van der Waals surface area contributed by atoms with Gasteiger partial charge in [0.2, 0.25) is 0 Å². The highest BCUT2D eigenvalue weighted by Gasteiger charge is 1.56. The van der Waals surface area contributed by atoms with Crippen LogP contribution in [-0.2, 0) is 0 Å². The quantitative estimate of drug-likeness (QED) is 0.225. The van der Waals surface area contributed by atoms with Gasteiger partial charge in [0.05, 0.1) is 0 Å². The molecule has 0 rings (SSSR count). The van der Waals surface area contributed by atoms with Crippen molar-refractivity contribution in [3.8, 4) is 0 Å². The monoisotopic (exact) mass is 73.0 g/mol. The summed E-state index contributed by atoms with van der Waals surface area (Å²) >= 11 is 0. The fourth-order valence-corrected chi connectivity index (χ4v) is 0. The van der Waals surface area contributed by atoms with Crippen LogP contribution in [0.1, 0.15) is 0 Å². The van der Waals surface area contributed by atoms with E-state index in [9.17, 15) is 0 Å². The molecule has 1 atom stereocenters. The Morgan fingerprint density at radius 2 is 2.00 bits per heavy atom. The Labute approximate surface area is 28.9 Å². The molecule has 0 aromatic carbocycles. The molecule has 0 saturated heterocycles. The number of hydrogen-bond acceptors (Lipinski definition) is 1. The van der Waals surface area contributed by atoms with Gasteiger partial charge in [-0.05, 0) is 5.35 Å². The molecule has 0 amide bonds. The van der Waals surface area contributed by atoms with E-state index in [-0.39, 0.29) is 0 Å². The van der Waals surface area contributed by atoms with Crippen LogP contribution in [0.3, 0.4) is 0 Å². The predicted molar refractivity (Wildman–Crippen MR) is 26.0 cm³/mol. The van der Waals surface area contributed by atoms with E-state index in [1.165, 1.54) is 0 Å². The molecule has 0 fully saturated rings. The van der Waals surface area contributed by atoms with Gasteiger partial charge in [-0.2, -0.15) is 0 Å². The summed E-state index contributed by atoms with van der Waals surface area (Å²) < 4.78 is 0. The molecule has 0 aromatic heterocycles. The molecule has 0 aromatic rings. The molecule has 1 unspecified atom stereocenters. The van der Waals surface area contributed by atoms with Crippen molar-refractivity contribution in [2.24, 2.45) is 0 Å². The molecule has 4 heavy (non-hydrogen) atoms. The summed E-state index contributed by atoms with van der Waals surface area (Å²) in [5.74, 6) is 0. The Balaban J connectivity index is 2.80. The largest absolute Gasteiger partial charge is 0.316 e. The highest BCUT2D eigenvalue weighted by molar-refractivity contribution is 7.48. The maximum absolute atomic E-state index is 6.46. The summed E-state index contributed by atoms with van der Waals surface area (Å²) in [6.07, 6.45) is 0. The van der Waals surface area contributed by atoms with E-state index in [2.05, 4.69) is 9.24 Å². The second-order valence-corrected chi connectivity index (χ2v) is 1.55. The molecule has 0 aliphatic heterocycles. The van der Waals surface area contributed by atoms with E-state index < -0.39 is 0 Å². The van der Waals surface area contributed by atoms with Gasteiger partial charge in [-0.1, -0.05) is 0 Å². The van der Waals surface area contributed by atoms with Gasteiger partial charge in [0, 0.05) is 0 Å². The molecule has 0 saturated carbocycles. The fourth-order valence-electron chi connectivity index (χ4n) is 0. The summed E-state index contributed by atoms with van der Waals surface area (Å²) in [6.45, 7) is 0. The molecule has 22 valence electrons. The van der Waals surface area contributed by atoms with Gasteiger partial charge in [-0.25, -0.2) is 0 Å². The van der Waals surface area contributed by atoms with E-state index in [4.69, 9.17) is 5.41 Å². The predicted octanol–water partition coefficient (Wildman–Crippen LogP) is -0.571. The van der Waals surface area contributed by atoms with Gasteiger partial charge in [0.25, 0.3) is 0 Å². The average Bonchev–Trinajstić information content (AvgIpc) is 0.811. The maximum atomic E-state index is 6.46. The third-order valence-corrected chi connectivity index (χ3v) is 0. The van der Waals surface area contributed by atoms with Gasteiger partial charge < -0.3 is 5.41 Å². The molecule has 0 aliphatic carbocycles. The SMILES string of the molecule is BC(=N)P. The Bertz CT molecular complexity index is 31.0. The Hall–Kier alpha value is 0.165. The van der Waals surface area contributed by atoms with E-state index in [1.54, 1.807) is 7.85 Å². The first-order chi connectivity index (χ1) is 1.73. The zero-order valence-corrected chi connectivity index (χ0v) is 3.73. The topological polar surface area (TPSA) is 23.9 Å². The van der Waals surface area contributed by atoms with Crippen molar-refractivity contribution in [3.63, 3.8) is 0 Å². The summed E-state index contributed by atoms with van der Waals surface area (Å²) in [6, 6.07) is 0. The first-order valence-corrected chi connectivity index (χ1v) is 1.62. The van der Waals surface area contributed by atoms with Crippen LogP contribution in [0, 0.1) is 5.41 Å². The van der Waals surface area contributed by atoms with E-state index >= 15 is 0 Å². The summed E-state index contributed by atoms with van der Waals surface area (Å²) in [7, 11) is 3.95. The van der Waals surface area contributed by atoms with Gasteiger partial charge in [-0.15, -0.1) is 9.24 Å². The van der Waals surface area contributed by atoms with Gasteiger partial charge in [-0.3, -0.25) is 0 Å². The summed E-state index contributed by atoms with van der Waals surface area (Å²) in [5.41, 5.74) is 0. The Morgan fingerprint density at radius 3 is 2.00 bits per heavy atom. The normalized spacial score (nSPS) is 6.25. The molecule has 1 nitrogen and oxygen atoms in total. The Kier molecular flexibility index (Phi) is 1.54. The lowest BCUT2D eigenvalue weighted by Crippen LogP contribution is -1.70.